The zero-order valence-electron chi connectivity index (χ0n) is 15.9. The van der Waals surface area contributed by atoms with Gasteiger partial charge in [-0.3, -0.25) is 9.59 Å². The van der Waals surface area contributed by atoms with E-state index in [1.807, 2.05) is 20.8 Å². The van der Waals surface area contributed by atoms with Crippen molar-refractivity contribution in [3.63, 3.8) is 0 Å². The van der Waals surface area contributed by atoms with Gasteiger partial charge in [0, 0.05) is 10.3 Å². The number of hydrogen-bond acceptors (Lipinski definition) is 4. The Morgan fingerprint density at radius 2 is 1.73 bits per heavy atom. The molecule has 4 bridgehead atoms. The zero-order chi connectivity index (χ0) is 18.5. The third-order valence-electron chi connectivity index (χ3n) is 6.64. The number of nitrogens with zero attached hydrogens (tertiary/aromatic N) is 1. The van der Waals surface area contributed by atoms with Crippen LogP contribution in [0, 0.1) is 37.0 Å². The van der Waals surface area contributed by atoms with Gasteiger partial charge in [0.15, 0.2) is 0 Å². The predicted molar refractivity (Wildman–Crippen MR) is 102 cm³/mol. The van der Waals surface area contributed by atoms with Crippen molar-refractivity contribution in [3.8, 4) is 0 Å². The molecule has 4 aliphatic carbocycles. The molecular formula is C20H29N3O2S. The maximum Gasteiger partial charge on any atom is 0.239 e. The fourth-order valence-electron chi connectivity index (χ4n) is 6.04. The van der Waals surface area contributed by atoms with E-state index in [1.54, 1.807) is 11.3 Å². The van der Waals surface area contributed by atoms with Crippen LogP contribution in [-0.2, 0) is 9.59 Å². The van der Waals surface area contributed by atoms with Crippen molar-refractivity contribution in [3.05, 3.63) is 15.6 Å². The van der Waals surface area contributed by atoms with Gasteiger partial charge in [-0.2, -0.15) is 0 Å². The molecule has 5 rings (SSSR count). The van der Waals surface area contributed by atoms with Gasteiger partial charge in [0.05, 0.1) is 23.3 Å². The minimum atomic E-state index is -0.188. The lowest BCUT2D eigenvalue weighted by Gasteiger charge is -2.55. The molecule has 4 fully saturated rings. The Bertz CT molecular complexity index is 691. The van der Waals surface area contributed by atoms with Crippen molar-refractivity contribution < 1.29 is 9.59 Å². The third-order valence-corrected chi connectivity index (χ3v) is 7.90. The summed E-state index contributed by atoms with van der Waals surface area (Å²) >= 11 is 1.61. The zero-order valence-corrected chi connectivity index (χ0v) is 16.7. The lowest BCUT2D eigenvalue weighted by Crippen LogP contribution is -2.54. The average Bonchev–Trinajstić information content (AvgIpc) is 2.90. The molecule has 0 aromatic carbocycles. The Balaban J connectivity index is 1.32. The summed E-state index contributed by atoms with van der Waals surface area (Å²) < 4.78 is 0. The quantitative estimate of drug-likeness (QED) is 0.830. The molecule has 2 N–H and O–H groups in total. The summed E-state index contributed by atoms with van der Waals surface area (Å²) in [6.45, 7) is 5.98. The van der Waals surface area contributed by atoms with Crippen molar-refractivity contribution in [2.45, 2.75) is 65.3 Å². The van der Waals surface area contributed by atoms with Crippen molar-refractivity contribution in [1.29, 1.82) is 0 Å². The number of carbonyl (C=O) groups excluding carboxylic acids is 2. The number of thiazole rings is 1. The van der Waals surface area contributed by atoms with E-state index in [1.165, 1.54) is 19.3 Å². The van der Waals surface area contributed by atoms with Crippen LogP contribution in [0.15, 0.2) is 0 Å². The number of hydrogen-bond donors (Lipinski definition) is 2. The first-order valence-corrected chi connectivity index (χ1v) is 10.7. The van der Waals surface area contributed by atoms with Gasteiger partial charge in [-0.05, 0) is 77.0 Å². The van der Waals surface area contributed by atoms with Crippen LogP contribution in [0.4, 0.5) is 0 Å². The summed E-state index contributed by atoms with van der Waals surface area (Å²) in [7, 11) is 0. The summed E-state index contributed by atoms with van der Waals surface area (Å²) in [5, 5.41) is 6.96. The van der Waals surface area contributed by atoms with Crippen LogP contribution in [0.25, 0.3) is 0 Å². The maximum atomic E-state index is 12.9. The Kier molecular flexibility index (Phi) is 4.58. The van der Waals surface area contributed by atoms with Crippen molar-refractivity contribution in [1.82, 2.24) is 15.6 Å². The number of aryl methyl sites for hydroxylation is 2. The molecule has 4 aliphatic rings. The highest BCUT2D eigenvalue weighted by atomic mass is 32.1. The van der Waals surface area contributed by atoms with E-state index in [4.69, 9.17) is 0 Å². The molecule has 5 nitrogen and oxygen atoms in total. The smallest absolute Gasteiger partial charge is 0.239 e. The van der Waals surface area contributed by atoms with Crippen LogP contribution in [0.3, 0.4) is 0 Å². The predicted octanol–water partition coefficient (Wildman–Crippen LogP) is 3.27. The van der Waals surface area contributed by atoms with Crippen LogP contribution in [0.2, 0.25) is 0 Å². The summed E-state index contributed by atoms with van der Waals surface area (Å²) in [6, 6.07) is -0.0786. The van der Waals surface area contributed by atoms with E-state index in [-0.39, 0.29) is 29.8 Å². The largest absolute Gasteiger partial charge is 0.347 e. The molecule has 26 heavy (non-hydrogen) atoms. The fourth-order valence-corrected chi connectivity index (χ4v) is 6.97. The second kappa shape index (κ2) is 6.63. The highest BCUT2D eigenvalue weighted by molar-refractivity contribution is 7.11. The molecule has 1 aromatic heterocycles. The molecule has 0 aliphatic heterocycles. The SMILES string of the molecule is Cc1nc(C)c([C@@H](C)NC(=O)CNC(=O)C23CC4CC(CC(C4)C2)C3)s1. The minimum absolute atomic E-state index is 0.0712. The topological polar surface area (TPSA) is 71.1 Å². The maximum absolute atomic E-state index is 12.9. The van der Waals surface area contributed by atoms with Crippen molar-refractivity contribution in [2.24, 2.45) is 23.2 Å². The van der Waals surface area contributed by atoms with E-state index in [0.29, 0.717) is 0 Å². The fraction of sp³-hybridized carbons (Fsp3) is 0.750. The highest BCUT2D eigenvalue weighted by Crippen LogP contribution is 2.60. The summed E-state index contributed by atoms with van der Waals surface area (Å²) in [5.41, 5.74) is 0.782. The minimum Gasteiger partial charge on any atom is -0.347 e. The molecule has 142 valence electrons. The molecule has 1 atom stereocenters. The first-order valence-electron chi connectivity index (χ1n) is 9.86. The Morgan fingerprint density at radius 1 is 1.15 bits per heavy atom. The molecule has 4 saturated carbocycles. The Morgan fingerprint density at radius 3 is 2.23 bits per heavy atom. The number of amides is 2. The van der Waals surface area contributed by atoms with E-state index >= 15 is 0 Å². The van der Waals surface area contributed by atoms with Crippen LogP contribution in [-0.4, -0.2) is 23.3 Å². The molecule has 1 heterocycles. The molecule has 2 amide bonds. The summed E-state index contributed by atoms with van der Waals surface area (Å²) in [4.78, 5) is 30.8. The summed E-state index contributed by atoms with van der Waals surface area (Å²) in [5.74, 6) is 2.19. The standard InChI is InChI=1S/C20H29N3O2S/c1-11-18(26-13(3)22-11)12(2)23-17(24)10-21-19(25)20-7-14-4-15(8-20)6-16(5-14)9-20/h12,14-16H,4-10H2,1-3H3,(H,21,25)(H,23,24)/t12-,14?,15?,16?,20?/m1/s1. The second-order valence-electron chi connectivity index (χ2n) is 8.85. The van der Waals surface area contributed by atoms with Gasteiger partial charge in [-0.1, -0.05) is 0 Å². The van der Waals surface area contributed by atoms with Gasteiger partial charge in [0.25, 0.3) is 0 Å². The van der Waals surface area contributed by atoms with E-state index in [9.17, 15) is 9.59 Å². The summed E-state index contributed by atoms with van der Waals surface area (Å²) in [6.07, 6.45) is 7.04. The highest BCUT2D eigenvalue weighted by Gasteiger charge is 2.54. The number of rotatable bonds is 5. The average molecular weight is 376 g/mol. The van der Waals surface area contributed by atoms with Crippen LogP contribution in [0.5, 0.6) is 0 Å². The Hall–Kier alpha value is -1.43. The van der Waals surface area contributed by atoms with Crippen LogP contribution < -0.4 is 10.6 Å². The first kappa shape index (κ1) is 18.0. The van der Waals surface area contributed by atoms with Gasteiger partial charge in [0.1, 0.15) is 0 Å². The van der Waals surface area contributed by atoms with E-state index in [2.05, 4.69) is 15.6 Å². The number of carbonyl (C=O) groups is 2. The number of aromatic nitrogens is 1. The normalized spacial score (nSPS) is 33.1. The monoisotopic (exact) mass is 375 g/mol. The lowest BCUT2D eigenvalue weighted by molar-refractivity contribution is -0.147. The second-order valence-corrected chi connectivity index (χ2v) is 10.1. The molecule has 0 saturated heterocycles. The van der Waals surface area contributed by atoms with Gasteiger partial charge < -0.3 is 10.6 Å². The molecule has 6 heteroatoms. The lowest BCUT2D eigenvalue weighted by atomic mass is 9.49. The molecular weight excluding hydrogens is 346 g/mol. The van der Waals surface area contributed by atoms with Crippen LogP contribution >= 0.6 is 11.3 Å². The third kappa shape index (κ3) is 3.28. The molecule has 0 radical (unpaired) electrons. The molecule has 0 unspecified atom stereocenters. The van der Waals surface area contributed by atoms with E-state index in [0.717, 1.165) is 52.6 Å². The first-order chi connectivity index (χ1) is 12.3. The van der Waals surface area contributed by atoms with Gasteiger partial charge in [-0.15, -0.1) is 11.3 Å². The number of nitrogens with one attached hydrogen (secondary N) is 2. The van der Waals surface area contributed by atoms with Gasteiger partial charge in [0.2, 0.25) is 11.8 Å². The van der Waals surface area contributed by atoms with Gasteiger partial charge in [-0.25, -0.2) is 4.98 Å². The van der Waals surface area contributed by atoms with Gasteiger partial charge >= 0.3 is 0 Å². The molecule has 1 aromatic rings. The Labute approximate surface area is 159 Å². The van der Waals surface area contributed by atoms with Crippen molar-refractivity contribution in [2.75, 3.05) is 6.54 Å². The van der Waals surface area contributed by atoms with E-state index < -0.39 is 0 Å². The van der Waals surface area contributed by atoms with Crippen LogP contribution in [0.1, 0.15) is 67.1 Å². The molecule has 0 spiro atoms. The van der Waals surface area contributed by atoms with Crippen molar-refractivity contribution >= 4 is 23.2 Å².